The molecule has 4 heteroatoms. The molecule has 3 nitrogen and oxygen atoms in total. The fourth-order valence-electron chi connectivity index (χ4n) is 2.53. The summed E-state index contributed by atoms with van der Waals surface area (Å²) < 4.78 is 18.8. The molecule has 1 aromatic rings. The van der Waals surface area contributed by atoms with Crippen molar-refractivity contribution in [1.82, 2.24) is 4.90 Å². The van der Waals surface area contributed by atoms with Crippen LogP contribution in [0.5, 0.6) is 0 Å². The van der Waals surface area contributed by atoms with Crippen molar-refractivity contribution in [3.63, 3.8) is 0 Å². The van der Waals surface area contributed by atoms with Gasteiger partial charge in [0.05, 0.1) is 6.10 Å². The Morgan fingerprint density at radius 2 is 2.37 bits per heavy atom. The summed E-state index contributed by atoms with van der Waals surface area (Å²) in [4.78, 5) is 2.28. The Hall–Kier alpha value is -0.970. The molecule has 0 amide bonds. The van der Waals surface area contributed by atoms with E-state index in [1.54, 1.807) is 6.07 Å². The van der Waals surface area contributed by atoms with Crippen molar-refractivity contribution in [3.8, 4) is 0 Å². The molecule has 1 aromatic carbocycles. The number of benzene rings is 1. The summed E-state index contributed by atoms with van der Waals surface area (Å²) in [6.45, 7) is 5.58. The minimum Gasteiger partial charge on any atom is -0.377 e. The summed E-state index contributed by atoms with van der Waals surface area (Å²) in [6, 6.07) is 6.40. The van der Waals surface area contributed by atoms with Crippen LogP contribution < -0.4 is 5.73 Å². The summed E-state index contributed by atoms with van der Waals surface area (Å²) in [5.74, 6) is -0.227. The zero-order chi connectivity index (χ0) is 13.7. The van der Waals surface area contributed by atoms with Gasteiger partial charge >= 0.3 is 0 Å². The Balaban J connectivity index is 1.89. The monoisotopic (exact) mass is 266 g/mol. The Bertz CT molecular complexity index is 393. The molecule has 2 N–H and O–H groups in total. The molecule has 1 aliphatic rings. The second-order valence-electron chi connectivity index (χ2n) is 5.15. The summed E-state index contributed by atoms with van der Waals surface area (Å²) in [6.07, 6.45) is 2.61. The zero-order valence-corrected chi connectivity index (χ0v) is 11.5. The number of likely N-dealkylation sites (N-methyl/N-ethyl adjacent to an activating group) is 1. The number of hydrogen-bond donors (Lipinski definition) is 1. The van der Waals surface area contributed by atoms with Crippen LogP contribution in [0.3, 0.4) is 0 Å². The lowest BCUT2D eigenvalue weighted by molar-refractivity contribution is 0.0729. The average molecular weight is 266 g/mol. The first-order valence-electron chi connectivity index (χ1n) is 7.04. The van der Waals surface area contributed by atoms with E-state index in [1.807, 2.05) is 6.07 Å². The van der Waals surface area contributed by atoms with E-state index < -0.39 is 0 Å². The third-order valence-corrected chi connectivity index (χ3v) is 3.66. The van der Waals surface area contributed by atoms with E-state index in [1.165, 1.54) is 12.1 Å². The second-order valence-corrected chi connectivity index (χ2v) is 5.15. The minimum atomic E-state index is -0.227. The first-order chi connectivity index (χ1) is 9.19. The van der Waals surface area contributed by atoms with Gasteiger partial charge in [0.1, 0.15) is 5.82 Å². The molecule has 19 heavy (non-hydrogen) atoms. The molecular formula is C15H23FN2O. The molecule has 1 aliphatic heterocycles. The van der Waals surface area contributed by atoms with Gasteiger partial charge in [-0.3, -0.25) is 4.90 Å². The molecule has 2 atom stereocenters. The number of halogens is 1. The van der Waals surface area contributed by atoms with E-state index in [-0.39, 0.29) is 11.9 Å². The molecule has 0 aromatic heterocycles. The lowest BCUT2D eigenvalue weighted by Gasteiger charge is -2.26. The number of rotatable bonds is 6. The van der Waals surface area contributed by atoms with E-state index in [2.05, 4.69) is 11.8 Å². The Morgan fingerprint density at radius 1 is 1.53 bits per heavy atom. The van der Waals surface area contributed by atoms with Crippen LogP contribution in [0.2, 0.25) is 0 Å². The second kappa shape index (κ2) is 6.98. The lowest BCUT2D eigenvalue weighted by Crippen LogP contribution is -2.37. The third-order valence-electron chi connectivity index (χ3n) is 3.66. The van der Waals surface area contributed by atoms with Crippen molar-refractivity contribution >= 4 is 0 Å². The molecule has 0 aliphatic carbocycles. The highest BCUT2D eigenvalue weighted by molar-refractivity contribution is 5.20. The Morgan fingerprint density at radius 3 is 3.00 bits per heavy atom. The van der Waals surface area contributed by atoms with E-state index in [0.717, 1.165) is 44.6 Å². The van der Waals surface area contributed by atoms with Crippen LogP contribution in [0.4, 0.5) is 4.39 Å². The molecular weight excluding hydrogens is 243 g/mol. The molecule has 2 unspecified atom stereocenters. The van der Waals surface area contributed by atoms with Crippen LogP contribution in [0.1, 0.15) is 31.4 Å². The van der Waals surface area contributed by atoms with Gasteiger partial charge in [-0.2, -0.15) is 0 Å². The van der Waals surface area contributed by atoms with Gasteiger partial charge in [-0.05, 0) is 37.1 Å². The topological polar surface area (TPSA) is 38.5 Å². The van der Waals surface area contributed by atoms with Crippen LogP contribution in [0.25, 0.3) is 0 Å². The highest BCUT2D eigenvalue weighted by Gasteiger charge is 2.20. The molecule has 1 heterocycles. The Labute approximate surface area is 114 Å². The molecule has 2 rings (SSSR count). The van der Waals surface area contributed by atoms with Crippen LogP contribution >= 0.6 is 0 Å². The number of nitrogens with two attached hydrogens (primary N) is 1. The maximum atomic E-state index is 13.2. The third kappa shape index (κ3) is 4.27. The fourth-order valence-corrected chi connectivity index (χ4v) is 2.53. The first-order valence-corrected chi connectivity index (χ1v) is 7.04. The molecule has 1 saturated heterocycles. The highest BCUT2D eigenvalue weighted by Crippen LogP contribution is 2.16. The minimum absolute atomic E-state index is 0.156. The van der Waals surface area contributed by atoms with E-state index >= 15 is 0 Å². The van der Waals surface area contributed by atoms with Gasteiger partial charge in [0.15, 0.2) is 0 Å². The van der Waals surface area contributed by atoms with Crippen molar-refractivity contribution in [2.45, 2.75) is 31.9 Å². The van der Waals surface area contributed by atoms with Crippen LogP contribution in [-0.4, -0.2) is 37.2 Å². The summed E-state index contributed by atoms with van der Waals surface area (Å²) in [5.41, 5.74) is 7.02. The smallest absolute Gasteiger partial charge is 0.123 e. The summed E-state index contributed by atoms with van der Waals surface area (Å²) >= 11 is 0. The predicted octanol–water partition coefficient (Wildman–Crippen LogP) is 2.33. The lowest BCUT2D eigenvalue weighted by atomic mass is 10.1. The fraction of sp³-hybridized carbons (Fsp3) is 0.600. The molecule has 0 bridgehead atoms. The van der Waals surface area contributed by atoms with Crippen LogP contribution in [0.15, 0.2) is 24.3 Å². The van der Waals surface area contributed by atoms with Gasteiger partial charge in [0, 0.05) is 25.7 Å². The molecule has 0 radical (unpaired) electrons. The largest absolute Gasteiger partial charge is 0.377 e. The maximum Gasteiger partial charge on any atom is 0.123 e. The van der Waals surface area contributed by atoms with E-state index in [0.29, 0.717) is 6.10 Å². The average Bonchev–Trinajstić information content (AvgIpc) is 2.90. The maximum absolute atomic E-state index is 13.2. The van der Waals surface area contributed by atoms with Gasteiger partial charge < -0.3 is 10.5 Å². The van der Waals surface area contributed by atoms with Crippen molar-refractivity contribution in [3.05, 3.63) is 35.6 Å². The van der Waals surface area contributed by atoms with Gasteiger partial charge in [-0.15, -0.1) is 0 Å². The molecule has 1 fully saturated rings. The highest BCUT2D eigenvalue weighted by atomic mass is 19.1. The van der Waals surface area contributed by atoms with Crippen molar-refractivity contribution in [2.75, 3.05) is 26.2 Å². The molecule has 0 saturated carbocycles. The van der Waals surface area contributed by atoms with Crippen LogP contribution in [0, 0.1) is 5.82 Å². The van der Waals surface area contributed by atoms with Gasteiger partial charge in [-0.25, -0.2) is 4.39 Å². The number of hydrogen-bond acceptors (Lipinski definition) is 3. The summed E-state index contributed by atoms with van der Waals surface area (Å²) in [7, 11) is 0. The quantitative estimate of drug-likeness (QED) is 0.859. The number of ether oxygens (including phenoxy) is 1. The number of nitrogens with zero attached hydrogens (tertiary/aromatic N) is 1. The van der Waals surface area contributed by atoms with Crippen LogP contribution in [-0.2, 0) is 4.74 Å². The molecule has 0 spiro atoms. The van der Waals surface area contributed by atoms with Gasteiger partial charge in [0.2, 0.25) is 0 Å². The van der Waals surface area contributed by atoms with E-state index in [9.17, 15) is 4.39 Å². The van der Waals surface area contributed by atoms with Crippen molar-refractivity contribution in [2.24, 2.45) is 5.73 Å². The van der Waals surface area contributed by atoms with Gasteiger partial charge in [0.25, 0.3) is 0 Å². The zero-order valence-electron chi connectivity index (χ0n) is 11.5. The van der Waals surface area contributed by atoms with Gasteiger partial charge in [-0.1, -0.05) is 19.1 Å². The van der Waals surface area contributed by atoms with Crippen molar-refractivity contribution in [1.29, 1.82) is 0 Å². The molecule has 106 valence electrons. The SMILES string of the molecule is CCN(CC1CCCO1)CC(N)c1cccc(F)c1. The Kier molecular flexibility index (Phi) is 5.31. The normalized spacial score (nSPS) is 20.9. The predicted molar refractivity (Wildman–Crippen MR) is 74.4 cm³/mol. The van der Waals surface area contributed by atoms with Crippen molar-refractivity contribution < 1.29 is 9.13 Å². The standard InChI is InChI=1S/C15H23FN2O/c1-2-18(10-14-7-4-8-19-14)11-15(17)12-5-3-6-13(16)9-12/h3,5-6,9,14-15H,2,4,7-8,10-11,17H2,1H3. The first kappa shape index (κ1) is 14.4. The van der Waals surface area contributed by atoms with E-state index in [4.69, 9.17) is 10.5 Å². The summed E-state index contributed by atoms with van der Waals surface area (Å²) in [5, 5.41) is 0.